The average Bonchev–Trinajstić information content (AvgIpc) is 3.21. The van der Waals surface area contributed by atoms with Crippen LogP contribution in [-0.2, 0) is 16.6 Å². The Morgan fingerprint density at radius 3 is 2.68 bits per heavy atom. The normalized spacial score (nSPS) is 16.8. The number of ether oxygens (including phenoxy) is 1. The van der Waals surface area contributed by atoms with E-state index < -0.39 is 10.4 Å². The Labute approximate surface area is 139 Å². The predicted molar refractivity (Wildman–Crippen MR) is 90.2 cm³/mol. The third-order valence-electron chi connectivity index (χ3n) is 3.79. The molecule has 0 N–H and O–H groups in total. The van der Waals surface area contributed by atoms with Crippen molar-refractivity contribution in [2.24, 2.45) is 7.05 Å². The Morgan fingerprint density at radius 1 is 1.41 bits per heavy atom. The Morgan fingerprint density at radius 2 is 2.09 bits per heavy atom. The molecule has 1 aliphatic rings. The van der Waals surface area contributed by atoms with Crippen molar-refractivity contribution in [1.29, 1.82) is 0 Å². The van der Waals surface area contributed by atoms with Gasteiger partial charge in [-0.3, -0.25) is 9.48 Å². The molecule has 1 unspecified atom stereocenters. The van der Waals surface area contributed by atoms with Gasteiger partial charge in [0.15, 0.2) is 0 Å². The molecular weight excluding hydrogens is 344 g/mol. The highest BCUT2D eigenvalue weighted by Crippen LogP contribution is 2.45. The van der Waals surface area contributed by atoms with Crippen molar-refractivity contribution in [3.05, 3.63) is 29.5 Å². The van der Waals surface area contributed by atoms with Crippen LogP contribution in [0.1, 0.15) is 55.6 Å². The van der Waals surface area contributed by atoms with E-state index in [2.05, 4.69) is 21.0 Å². The van der Waals surface area contributed by atoms with E-state index in [0.29, 0.717) is 5.92 Å². The number of nitrogens with zero attached hydrogens (tertiary/aromatic N) is 2. The number of rotatable bonds is 3. The van der Waals surface area contributed by atoms with Gasteiger partial charge in [-0.2, -0.15) is 5.10 Å². The van der Waals surface area contributed by atoms with Crippen LogP contribution in [0, 0.1) is 0 Å². The zero-order chi connectivity index (χ0) is 16.1. The average molecular weight is 365 g/mol. The van der Waals surface area contributed by atoms with Crippen LogP contribution in [0.4, 0.5) is 0 Å². The summed E-state index contributed by atoms with van der Waals surface area (Å²) in [4.78, 5) is 11.9. The van der Waals surface area contributed by atoms with Crippen molar-refractivity contribution in [2.75, 3.05) is 0 Å². The number of aromatic nitrogens is 2. The molecule has 3 rings (SSSR count). The summed E-state index contributed by atoms with van der Waals surface area (Å²) in [5, 5.41) is 5.77. The number of halogens is 1. The lowest BCUT2D eigenvalue weighted by Gasteiger charge is -2.22. The molecule has 1 aliphatic carbocycles. The molecule has 1 heterocycles. The van der Waals surface area contributed by atoms with Crippen LogP contribution < -0.4 is 0 Å². The summed E-state index contributed by atoms with van der Waals surface area (Å²) in [6.07, 6.45) is 2.36. The molecule has 1 atom stereocenters. The van der Waals surface area contributed by atoms with E-state index in [4.69, 9.17) is 4.74 Å². The minimum atomic E-state index is -0.495. The first-order chi connectivity index (χ1) is 10.3. The second kappa shape index (κ2) is 5.37. The fourth-order valence-corrected chi connectivity index (χ4v) is 3.18. The van der Waals surface area contributed by atoms with Gasteiger partial charge in [0.25, 0.3) is 0 Å². The lowest BCUT2D eigenvalue weighted by molar-refractivity contribution is -0.154. The summed E-state index contributed by atoms with van der Waals surface area (Å²) < 4.78 is 7.42. The number of hydrogen-bond acceptors (Lipinski definition) is 3. The lowest BCUT2D eigenvalue weighted by Crippen LogP contribution is -2.26. The highest BCUT2D eigenvalue weighted by molar-refractivity contribution is 9.09. The highest BCUT2D eigenvalue weighted by atomic mass is 79.9. The maximum atomic E-state index is 12.4. The quantitative estimate of drug-likeness (QED) is 0.604. The molecule has 118 valence electrons. The van der Waals surface area contributed by atoms with Crippen LogP contribution in [0.25, 0.3) is 10.9 Å². The summed E-state index contributed by atoms with van der Waals surface area (Å²) in [5.41, 5.74) is 2.63. The smallest absolute Gasteiger partial charge is 0.324 e. The molecule has 0 radical (unpaired) electrons. The molecule has 1 aromatic heterocycles. The third kappa shape index (κ3) is 2.91. The van der Waals surface area contributed by atoms with Crippen molar-refractivity contribution < 1.29 is 9.53 Å². The van der Waals surface area contributed by atoms with Crippen LogP contribution in [0.2, 0.25) is 0 Å². The highest BCUT2D eigenvalue weighted by Gasteiger charge is 2.32. The van der Waals surface area contributed by atoms with Crippen molar-refractivity contribution in [2.45, 2.75) is 50.0 Å². The number of benzene rings is 1. The van der Waals surface area contributed by atoms with Gasteiger partial charge in [0.2, 0.25) is 0 Å². The van der Waals surface area contributed by atoms with Crippen molar-refractivity contribution >= 4 is 32.8 Å². The van der Waals surface area contributed by atoms with Crippen LogP contribution in [0.15, 0.2) is 18.2 Å². The minimum absolute atomic E-state index is 0.259. The first-order valence-corrected chi connectivity index (χ1v) is 8.52. The molecule has 1 fully saturated rings. The van der Waals surface area contributed by atoms with Gasteiger partial charge < -0.3 is 4.74 Å². The zero-order valence-corrected chi connectivity index (χ0v) is 15.0. The maximum Gasteiger partial charge on any atom is 0.324 e. The molecule has 4 nitrogen and oxygen atoms in total. The first-order valence-electron chi connectivity index (χ1n) is 7.60. The van der Waals surface area contributed by atoms with Crippen molar-refractivity contribution in [1.82, 2.24) is 9.78 Å². The molecule has 1 saturated carbocycles. The van der Waals surface area contributed by atoms with Crippen molar-refractivity contribution in [3.8, 4) is 0 Å². The van der Waals surface area contributed by atoms with Gasteiger partial charge in [0.1, 0.15) is 10.4 Å². The van der Waals surface area contributed by atoms with E-state index in [9.17, 15) is 4.79 Å². The summed E-state index contributed by atoms with van der Waals surface area (Å²) in [6, 6.07) is 6.00. The molecule has 0 spiro atoms. The fraction of sp³-hybridized carbons (Fsp3) is 0.529. The summed E-state index contributed by atoms with van der Waals surface area (Å²) in [7, 11) is 1.95. The van der Waals surface area contributed by atoms with E-state index in [0.717, 1.165) is 22.2 Å². The Kier molecular flexibility index (Phi) is 3.79. The van der Waals surface area contributed by atoms with Gasteiger partial charge in [-0.05, 0) is 45.2 Å². The van der Waals surface area contributed by atoms with Gasteiger partial charge in [-0.15, -0.1) is 0 Å². The number of aryl methyl sites for hydroxylation is 1. The lowest BCUT2D eigenvalue weighted by atomic mass is 10.0. The molecule has 0 amide bonds. The van der Waals surface area contributed by atoms with Gasteiger partial charge in [0, 0.05) is 18.4 Å². The molecular formula is C17H21BrN2O2. The van der Waals surface area contributed by atoms with Gasteiger partial charge in [0.05, 0.1) is 11.2 Å². The molecule has 22 heavy (non-hydrogen) atoms. The van der Waals surface area contributed by atoms with E-state index in [-0.39, 0.29) is 5.97 Å². The topological polar surface area (TPSA) is 44.1 Å². The largest absolute Gasteiger partial charge is 0.459 e. The Bertz CT molecular complexity index is 726. The number of fused-ring (bicyclic) bond motifs is 1. The number of esters is 1. The van der Waals surface area contributed by atoms with Crippen LogP contribution in [0.5, 0.6) is 0 Å². The van der Waals surface area contributed by atoms with Crippen LogP contribution in [0.3, 0.4) is 0 Å². The summed E-state index contributed by atoms with van der Waals surface area (Å²) >= 11 is 3.53. The molecule has 0 bridgehead atoms. The standard InChI is InChI=1S/C17H21BrN2O2/c1-17(2,3)22-16(21)14(18)11-6-5-7-12-13(11)15(10-8-9-10)19-20(12)4/h5-7,10,14H,8-9H2,1-4H3. The van der Waals surface area contributed by atoms with Gasteiger partial charge >= 0.3 is 5.97 Å². The number of alkyl halides is 1. The first kappa shape index (κ1) is 15.5. The molecule has 0 aliphatic heterocycles. The molecule has 2 aromatic rings. The van der Waals surface area contributed by atoms with E-state index in [1.54, 1.807) is 0 Å². The van der Waals surface area contributed by atoms with Gasteiger partial charge in [-0.1, -0.05) is 28.1 Å². The summed E-state index contributed by atoms with van der Waals surface area (Å²) in [6.45, 7) is 5.64. The number of carbonyl (C=O) groups excluding carboxylic acids is 1. The third-order valence-corrected chi connectivity index (χ3v) is 4.66. The second-order valence-corrected chi connectivity index (χ2v) is 7.84. The molecule has 1 aromatic carbocycles. The number of hydrogen-bond donors (Lipinski definition) is 0. The van der Waals surface area contributed by atoms with Crippen LogP contribution in [-0.4, -0.2) is 21.4 Å². The Hall–Kier alpha value is -1.36. The predicted octanol–water partition coefficient (Wildman–Crippen LogP) is 4.23. The minimum Gasteiger partial charge on any atom is -0.459 e. The molecule has 5 heteroatoms. The van der Waals surface area contributed by atoms with E-state index >= 15 is 0 Å². The fourth-order valence-electron chi connectivity index (χ4n) is 2.71. The van der Waals surface area contributed by atoms with Gasteiger partial charge in [-0.25, -0.2) is 0 Å². The summed E-state index contributed by atoms with van der Waals surface area (Å²) in [5.74, 6) is 0.272. The number of carbonyl (C=O) groups is 1. The van der Waals surface area contributed by atoms with Crippen LogP contribution >= 0.6 is 15.9 Å². The maximum absolute atomic E-state index is 12.4. The molecule has 0 saturated heterocycles. The van der Waals surface area contributed by atoms with Crippen molar-refractivity contribution in [3.63, 3.8) is 0 Å². The Balaban J connectivity index is 2.05. The SMILES string of the molecule is Cn1nc(C2CC2)c2c(C(Br)C(=O)OC(C)(C)C)cccc21. The zero-order valence-electron chi connectivity index (χ0n) is 13.4. The van der Waals surface area contributed by atoms with E-state index in [1.807, 2.05) is 50.7 Å². The second-order valence-electron chi connectivity index (χ2n) is 6.92. The monoisotopic (exact) mass is 364 g/mol. The van der Waals surface area contributed by atoms with E-state index in [1.165, 1.54) is 12.8 Å².